The van der Waals surface area contributed by atoms with Gasteiger partial charge in [-0.05, 0) is 6.92 Å². The van der Waals surface area contributed by atoms with E-state index >= 15 is 0 Å². The highest BCUT2D eigenvalue weighted by Crippen LogP contribution is 1.82. The molecule has 0 aliphatic heterocycles. The van der Waals surface area contributed by atoms with Crippen molar-refractivity contribution in [3.05, 3.63) is 0 Å². The average molecular weight is 136 g/mol. The van der Waals surface area contributed by atoms with Gasteiger partial charge in [-0.3, -0.25) is 4.79 Å². The molecule has 3 nitrogen and oxygen atoms in total. The minimum Gasteiger partial charge on any atom is -0.411 e. The Kier molecular flexibility index (Phi) is 3.19. The van der Waals surface area contributed by atoms with Crippen molar-refractivity contribution in [1.29, 1.82) is 0 Å². The molecular weight excluding hydrogens is 130 g/mol. The second kappa shape index (κ2) is 3.43. The van der Waals surface area contributed by atoms with Crippen LogP contribution in [0.2, 0.25) is 0 Å². The molecule has 4 heteroatoms. The maximum absolute atomic E-state index is 10.3. The zero-order chi connectivity index (χ0) is 6.57. The predicted octanol–water partition coefficient (Wildman–Crippen LogP) is 0.644. The fourth-order valence-corrected chi connectivity index (χ4v) is 0.346. The summed E-state index contributed by atoms with van der Waals surface area (Å²) in [5, 5.41) is 10.6. The molecule has 8 heavy (non-hydrogen) atoms. The van der Waals surface area contributed by atoms with Gasteiger partial charge in [0.05, 0.1) is 5.88 Å². The zero-order valence-corrected chi connectivity index (χ0v) is 5.14. The van der Waals surface area contributed by atoms with Crippen LogP contribution in [0.5, 0.6) is 0 Å². The van der Waals surface area contributed by atoms with Crippen LogP contribution in [0, 0.1) is 0 Å². The summed E-state index contributed by atoms with van der Waals surface area (Å²) in [5.41, 5.74) is 0.0417. The van der Waals surface area contributed by atoms with Crippen LogP contribution >= 0.6 is 11.6 Å². The number of Topliss-reactive ketones (excluding diaryl/α,β-unsaturated/α-hetero) is 1. The summed E-state index contributed by atoms with van der Waals surface area (Å²) in [6.45, 7) is 1.39. The van der Waals surface area contributed by atoms with Crippen LogP contribution in [-0.2, 0) is 4.79 Å². The van der Waals surface area contributed by atoms with Gasteiger partial charge in [-0.1, -0.05) is 5.16 Å². The topological polar surface area (TPSA) is 49.7 Å². The monoisotopic (exact) mass is 135 g/mol. The summed E-state index contributed by atoms with van der Waals surface area (Å²) < 4.78 is 0. The lowest BCUT2D eigenvalue weighted by atomic mass is 10.3. The second-order valence-corrected chi connectivity index (χ2v) is 1.51. The third-order valence-electron chi connectivity index (χ3n) is 0.675. The Bertz CT molecular complexity index is 121. The Morgan fingerprint density at radius 2 is 2.38 bits per heavy atom. The van der Waals surface area contributed by atoms with E-state index in [0.29, 0.717) is 0 Å². The van der Waals surface area contributed by atoms with Gasteiger partial charge in [0.1, 0.15) is 5.71 Å². The van der Waals surface area contributed by atoms with Crippen LogP contribution in [0.25, 0.3) is 0 Å². The lowest BCUT2D eigenvalue weighted by molar-refractivity contribution is -0.110. The zero-order valence-electron chi connectivity index (χ0n) is 4.39. The Balaban J connectivity index is 3.83. The summed E-state index contributed by atoms with van der Waals surface area (Å²) in [6.07, 6.45) is 0. The van der Waals surface area contributed by atoms with E-state index < -0.39 is 0 Å². The number of carbonyl (C=O) groups excluding carboxylic acids is 1. The summed E-state index contributed by atoms with van der Waals surface area (Å²) in [7, 11) is 0. The molecule has 0 atom stereocenters. The van der Waals surface area contributed by atoms with Crippen molar-refractivity contribution < 1.29 is 10.0 Å². The molecule has 0 saturated heterocycles. The third kappa shape index (κ3) is 1.93. The van der Waals surface area contributed by atoms with E-state index in [0.717, 1.165) is 0 Å². The van der Waals surface area contributed by atoms with E-state index in [-0.39, 0.29) is 17.4 Å². The molecule has 0 amide bonds. The minimum atomic E-state index is -0.353. The summed E-state index contributed by atoms with van der Waals surface area (Å²) >= 11 is 5.08. The smallest absolute Gasteiger partial charge is 0.194 e. The molecule has 0 spiro atoms. The van der Waals surface area contributed by atoms with Crippen molar-refractivity contribution in [1.82, 2.24) is 0 Å². The van der Waals surface area contributed by atoms with Crippen LogP contribution < -0.4 is 0 Å². The van der Waals surface area contributed by atoms with E-state index in [1.807, 2.05) is 0 Å². The van der Waals surface area contributed by atoms with Crippen LogP contribution in [-0.4, -0.2) is 22.6 Å². The molecule has 0 aromatic heterocycles. The van der Waals surface area contributed by atoms with Gasteiger partial charge in [0.25, 0.3) is 0 Å². The molecule has 0 aliphatic rings. The van der Waals surface area contributed by atoms with Crippen molar-refractivity contribution in [2.75, 3.05) is 5.88 Å². The molecule has 0 saturated carbocycles. The van der Waals surface area contributed by atoms with Crippen molar-refractivity contribution in [2.24, 2.45) is 5.16 Å². The summed E-state index contributed by atoms with van der Waals surface area (Å²) in [5.74, 6) is -0.482. The first-order valence-corrected chi connectivity index (χ1v) is 2.53. The number of nitrogens with zero attached hydrogens (tertiary/aromatic N) is 1. The number of halogens is 1. The van der Waals surface area contributed by atoms with Gasteiger partial charge in [0.15, 0.2) is 5.78 Å². The van der Waals surface area contributed by atoms with Crippen molar-refractivity contribution >= 4 is 23.1 Å². The summed E-state index contributed by atoms with van der Waals surface area (Å²) in [6, 6.07) is 0. The SMILES string of the molecule is C/C(=N/O)C(=O)CCl. The second-order valence-electron chi connectivity index (χ2n) is 1.24. The molecule has 0 rings (SSSR count). The minimum absolute atomic E-state index is 0.0417. The van der Waals surface area contributed by atoms with E-state index in [1.165, 1.54) is 6.92 Å². The number of oxime groups is 1. The first-order valence-electron chi connectivity index (χ1n) is 2.00. The van der Waals surface area contributed by atoms with Gasteiger partial charge in [0.2, 0.25) is 0 Å². The number of alkyl halides is 1. The molecule has 0 radical (unpaired) electrons. The van der Waals surface area contributed by atoms with Crippen LogP contribution in [0.4, 0.5) is 0 Å². The van der Waals surface area contributed by atoms with Crippen LogP contribution in [0.3, 0.4) is 0 Å². The standard InChI is InChI=1S/C4H6ClNO2/c1-3(6-8)4(7)2-5/h8H,2H2,1H3/b6-3-. The lowest BCUT2D eigenvalue weighted by Gasteiger charge is -1.86. The van der Waals surface area contributed by atoms with Gasteiger partial charge >= 0.3 is 0 Å². The average Bonchev–Trinajstić information content (AvgIpc) is 1.84. The van der Waals surface area contributed by atoms with Gasteiger partial charge in [-0.25, -0.2) is 0 Å². The Morgan fingerprint density at radius 3 is 2.50 bits per heavy atom. The number of ketones is 1. The number of hydrogen-bond donors (Lipinski definition) is 1. The molecule has 0 aromatic carbocycles. The fourth-order valence-electron chi connectivity index (χ4n) is 0.152. The number of hydrogen-bond acceptors (Lipinski definition) is 3. The highest BCUT2D eigenvalue weighted by atomic mass is 35.5. The van der Waals surface area contributed by atoms with Crippen LogP contribution in [0.15, 0.2) is 5.16 Å². The van der Waals surface area contributed by atoms with Crippen LogP contribution in [0.1, 0.15) is 6.92 Å². The van der Waals surface area contributed by atoms with Gasteiger partial charge in [-0.2, -0.15) is 0 Å². The molecule has 1 N–H and O–H groups in total. The largest absolute Gasteiger partial charge is 0.411 e. The predicted molar refractivity (Wildman–Crippen MR) is 30.6 cm³/mol. The maximum atomic E-state index is 10.3. The summed E-state index contributed by atoms with van der Waals surface area (Å²) in [4.78, 5) is 10.3. The van der Waals surface area contributed by atoms with E-state index in [9.17, 15) is 4.79 Å². The van der Waals surface area contributed by atoms with Gasteiger partial charge in [0, 0.05) is 0 Å². The Morgan fingerprint density at radius 1 is 1.88 bits per heavy atom. The number of rotatable bonds is 2. The first-order chi connectivity index (χ1) is 3.72. The van der Waals surface area contributed by atoms with Gasteiger partial charge in [-0.15, -0.1) is 11.6 Å². The molecular formula is C4H6ClNO2. The highest BCUT2D eigenvalue weighted by molar-refractivity contribution is 6.48. The number of carbonyl (C=O) groups is 1. The quantitative estimate of drug-likeness (QED) is 0.262. The molecule has 0 fully saturated rings. The van der Waals surface area contributed by atoms with Gasteiger partial charge < -0.3 is 5.21 Å². The molecule has 0 unspecified atom stereocenters. The first kappa shape index (κ1) is 7.43. The molecule has 0 aliphatic carbocycles. The van der Waals surface area contributed by atoms with E-state index in [4.69, 9.17) is 16.8 Å². The van der Waals surface area contributed by atoms with E-state index in [1.54, 1.807) is 0 Å². The highest BCUT2D eigenvalue weighted by Gasteiger charge is 2.01. The Labute approximate surface area is 51.9 Å². The fraction of sp³-hybridized carbons (Fsp3) is 0.500. The molecule has 0 heterocycles. The Hall–Kier alpha value is -0.570. The van der Waals surface area contributed by atoms with Crippen molar-refractivity contribution in [3.63, 3.8) is 0 Å². The van der Waals surface area contributed by atoms with E-state index in [2.05, 4.69) is 5.16 Å². The van der Waals surface area contributed by atoms with Crippen molar-refractivity contribution in [3.8, 4) is 0 Å². The molecule has 46 valence electrons. The lowest BCUT2D eigenvalue weighted by Crippen LogP contribution is -2.10. The molecule has 0 bridgehead atoms. The normalized spacial score (nSPS) is 11.5. The maximum Gasteiger partial charge on any atom is 0.194 e. The van der Waals surface area contributed by atoms with Crippen molar-refractivity contribution in [2.45, 2.75) is 6.92 Å². The third-order valence-corrected chi connectivity index (χ3v) is 0.918. The molecule has 0 aromatic rings.